The summed E-state index contributed by atoms with van der Waals surface area (Å²) in [4.78, 5) is 21.5. The van der Waals surface area contributed by atoms with Gasteiger partial charge in [-0.05, 0) is 23.8 Å². The second-order valence-electron chi connectivity index (χ2n) is 5.53. The molecule has 0 saturated heterocycles. The molecule has 0 unspecified atom stereocenters. The predicted molar refractivity (Wildman–Crippen MR) is 81.6 cm³/mol. The molecule has 0 radical (unpaired) electrons. The van der Waals surface area contributed by atoms with Gasteiger partial charge in [0.25, 0.3) is 6.04 Å². The Kier molecular flexibility index (Phi) is 4.11. The predicted octanol–water partition coefficient (Wildman–Crippen LogP) is 2.97. The van der Waals surface area contributed by atoms with Gasteiger partial charge < -0.3 is 4.74 Å². The van der Waals surface area contributed by atoms with E-state index >= 15 is 0 Å². The van der Waals surface area contributed by atoms with Crippen molar-refractivity contribution in [3.8, 4) is 5.75 Å². The summed E-state index contributed by atoms with van der Waals surface area (Å²) in [5.41, 5.74) is 0.843. The van der Waals surface area contributed by atoms with Crippen LogP contribution in [-0.4, -0.2) is 22.4 Å². The van der Waals surface area contributed by atoms with Crippen LogP contribution in [0.25, 0.3) is 0 Å². The average Bonchev–Trinajstić information content (AvgIpc) is 2.54. The van der Waals surface area contributed by atoms with Gasteiger partial charge in [0.05, 0.1) is 0 Å². The summed E-state index contributed by atoms with van der Waals surface area (Å²) >= 11 is 0. The van der Waals surface area contributed by atoms with Crippen molar-refractivity contribution in [3.05, 3.63) is 85.7 Å². The topological polar surface area (TPSA) is 95.5 Å². The number of nitrogens with zero attached hydrogens (tertiary/aromatic N) is 2. The van der Waals surface area contributed by atoms with E-state index in [1.165, 1.54) is 24.3 Å². The maximum atomic E-state index is 13.1. The fourth-order valence-corrected chi connectivity index (χ4v) is 3.04. The second-order valence-corrected chi connectivity index (χ2v) is 5.53. The van der Waals surface area contributed by atoms with Crippen LogP contribution in [0.15, 0.2) is 48.5 Å². The highest BCUT2D eigenvalue weighted by atomic mass is 19.1. The van der Waals surface area contributed by atoms with Crippen molar-refractivity contribution in [2.24, 2.45) is 0 Å². The molecule has 0 aliphatic carbocycles. The molecule has 7 nitrogen and oxygen atoms in total. The lowest BCUT2D eigenvalue weighted by molar-refractivity contribution is -0.558. The van der Waals surface area contributed by atoms with Crippen LogP contribution in [0.3, 0.4) is 0 Å². The van der Waals surface area contributed by atoms with Crippen LogP contribution in [0.5, 0.6) is 5.75 Å². The van der Waals surface area contributed by atoms with E-state index in [4.69, 9.17) is 4.74 Å². The van der Waals surface area contributed by atoms with Gasteiger partial charge in [-0.2, -0.15) is 0 Å². The summed E-state index contributed by atoms with van der Waals surface area (Å²) in [5.74, 6) is -1.04. The number of halogens is 1. The zero-order valence-electron chi connectivity index (χ0n) is 12.4. The molecule has 8 heteroatoms. The number of fused-ring (bicyclic) bond motifs is 1. The first-order valence-electron chi connectivity index (χ1n) is 7.23. The molecular weight excluding hydrogens is 319 g/mol. The zero-order valence-corrected chi connectivity index (χ0v) is 12.4. The van der Waals surface area contributed by atoms with Gasteiger partial charge in [0, 0.05) is 15.4 Å². The number of ether oxygens (including phenoxy) is 1. The van der Waals surface area contributed by atoms with Crippen LogP contribution in [0.1, 0.15) is 23.1 Å². The fourth-order valence-electron chi connectivity index (χ4n) is 3.04. The van der Waals surface area contributed by atoms with E-state index in [1.807, 2.05) is 0 Å². The zero-order chi connectivity index (χ0) is 17.3. The molecule has 0 saturated carbocycles. The van der Waals surface area contributed by atoms with E-state index < -0.39 is 40.3 Å². The molecule has 3 rings (SSSR count). The van der Waals surface area contributed by atoms with E-state index in [1.54, 1.807) is 24.3 Å². The number of nitro groups is 2. The smallest absolute Gasteiger partial charge is 0.266 e. The van der Waals surface area contributed by atoms with Gasteiger partial charge in [-0.15, -0.1) is 0 Å². The molecular formula is C16H13FN2O5. The minimum atomic E-state index is -1.34. The third-order valence-electron chi connectivity index (χ3n) is 4.08. The van der Waals surface area contributed by atoms with Crippen LogP contribution in [0, 0.1) is 26.0 Å². The SMILES string of the molecule is O=[N+]([O-])C[C@@H]1c2ccccc2O[C@@H](c2ccc(F)cc2)[C@H]1[N+](=O)[O-]. The molecule has 0 bridgehead atoms. The Bertz CT molecular complexity index is 780. The van der Waals surface area contributed by atoms with Crippen LogP contribution in [0.4, 0.5) is 4.39 Å². The van der Waals surface area contributed by atoms with Crippen molar-refractivity contribution >= 4 is 0 Å². The fraction of sp³-hybridized carbons (Fsp3) is 0.250. The van der Waals surface area contributed by atoms with Gasteiger partial charge in [0.2, 0.25) is 6.54 Å². The van der Waals surface area contributed by atoms with Gasteiger partial charge >= 0.3 is 0 Å². The van der Waals surface area contributed by atoms with Crippen LogP contribution >= 0.6 is 0 Å². The number of para-hydroxylation sites is 1. The Balaban J connectivity index is 2.10. The molecule has 1 heterocycles. The molecule has 0 spiro atoms. The van der Waals surface area contributed by atoms with Crippen molar-refractivity contribution in [3.63, 3.8) is 0 Å². The molecule has 0 amide bonds. The Hall–Kier alpha value is -3.03. The lowest BCUT2D eigenvalue weighted by Crippen LogP contribution is -2.42. The highest BCUT2D eigenvalue weighted by molar-refractivity contribution is 5.41. The van der Waals surface area contributed by atoms with Gasteiger partial charge in [0.15, 0.2) is 6.10 Å². The van der Waals surface area contributed by atoms with Crippen molar-refractivity contribution in [1.29, 1.82) is 0 Å². The maximum absolute atomic E-state index is 13.1. The van der Waals surface area contributed by atoms with Crippen LogP contribution < -0.4 is 4.74 Å². The third-order valence-corrected chi connectivity index (χ3v) is 4.08. The number of benzene rings is 2. The van der Waals surface area contributed by atoms with Gasteiger partial charge in [-0.25, -0.2) is 4.39 Å². The summed E-state index contributed by atoms with van der Waals surface area (Å²) in [6, 6.07) is 10.4. The molecule has 124 valence electrons. The van der Waals surface area contributed by atoms with E-state index in [0.29, 0.717) is 16.9 Å². The summed E-state index contributed by atoms with van der Waals surface area (Å²) in [7, 11) is 0. The standard InChI is InChI=1S/C16H13FN2O5/c17-11-7-5-10(6-8-11)16-15(19(22)23)13(9-18(20)21)12-3-1-2-4-14(12)24-16/h1-8,13,15-16H,9H2/t13-,15+,16+/m1/s1. The van der Waals surface area contributed by atoms with E-state index in [0.717, 1.165) is 0 Å². The summed E-state index contributed by atoms with van der Waals surface area (Å²) in [6.07, 6.45) is -1.03. The quantitative estimate of drug-likeness (QED) is 0.633. The molecule has 24 heavy (non-hydrogen) atoms. The highest BCUT2D eigenvalue weighted by Crippen LogP contribution is 2.43. The molecule has 0 N–H and O–H groups in total. The average molecular weight is 332 g/mol. The number of hydrogen-bond donors (Lipinski definition) is 0. The molecule has 1 aliphatic heterocycles. The summed E-state index contributed by atoms with van der Waals surface area (Å²) in [5, 5.41) is 22.7. The second kappa shape index (κ2) is 6.23. The lowest BCUT2D eigenvalue weighted by Gasteiger charge is -2.33. The summed E-state index contributed by atoms with van der Waals surface area (Å²) < 4.78 is 18.9. The molecule has 1 aliphatic rings. The maximum Gasteiger partial charge on any atom is 0.266 e. The minimum Gasteiger partial charge on any atom is -0.478 e. The van der Waals surface area contributed by atoms with Crippen LogP contribution in [-0.2, 0) is 0 Å². The van der Waals surface area contributed by atoms with Crippen molar-refractivity contribution < 1.29 is 19.0 Å². The first-order valence-corrected chi connectivity index (χ1v) is 7.23. The number of hydrogen-bond acceptors (Lipinski definition) is 5. The Labute approximate surface area is 136 Å². The van der Waals surface area contributed by atoms with Gasteiger partial charge in [-0.1, -0.05) is 30.3 Å². The molecule has 2 aromatic rings. The third kappa shape index (κ3) is 2.90. The van der Waals surface area contributed by atoms with Crippen molar-refractivity contribution in [2.45, 2.75) is 18.1 Å². The molecule has 0 aromatic heterocycles. The van der Waals surface area contributed by atoms with Gasteiger partial charge in [0.1, 0.15) is 17.5 Å². The van der Waals surface area contributed by atoms with E-state index in [-0.39, 0.29) is 0 Å². The van der Waals surface area contributed by atoms with Gasteiger partial charge in [-0.3, -0.25) is 20.2 Å². The monoisotopic (exact) mass is 332 g/mol. The minimum absolute atomic E-state index is 0.372. The lowest BCUT2D eigenvalue weighted by atomic mass is 9.83. The Morgan fingerprint density at radius 3 is 2.33 bits per heavy atom. The first kappa shape index (κ1) is 15.9. The van der Waals surface area contributed by atoms with E-state index in [2.05, 4.69) is 0 Å². The highest BCUT2D eigenvalue weighted by Gasteiger charge is 2.49. The normalized spacial score (nSPS) is 22.3. The molecule has 3 atom stereocenters. The van der Waals surface area contributed by atoms with Crippen molar-refractivity contribution in [2.75, 3.05) is 6.54 Å². The Morgan fingerprint density at radius 2 is 1.71 bits per heavy atom. The van der Waals surface area contributed by atoms with E-state index in [9.17, 15) is 24.6 Å². The first-order chi connectivity index (χ1) is 11.5. The molecule has 2 aromatic carbocycles. The Morgan fingerprint density at radius 1 is 1.04 bits per heavy atom. The number of rotatable bonds is 4. The van der Waals surface area contributed by atoms with Crippen LogP contribution in [0.2, 0.25) is 0 Å². The largest absolute Gasteiger partial charge is 0.478 e. The molecule has 0 fully saturated rings. The summed E-state index contributed by atoms with van der Waals surface area (Å²) in [6.45, 7) is -0.580. The van der Waals surface area contributed by atoms with Crippen molar-refractivity contribution in [1.82, 2.24) is 0 Å².